The standard InChI is InChI=1S/C18H39N3/c1-5-13-21(15-14-20(3)4)17-18(16-19-6-2)11-9-7-8-10-12-18/h19H,5-17H2,1-4H3. The second kappa shape index (κ2) is 10.6. The summed E-state index contributed by atoms with van der Waals surface area (Å²) in [5, 5.41) is 3.66. The Morgan fingerprint density at radius 2 is 1.57 bits per heavy atom. The SMILES string of the molecule is CCCN(CCN(C)C)CC1(CNCC)CCCCCC1. The van der Waals surface area contributed by atoms with E-state index in [1.54, 1.807) is 0 Å². The Morgan fingerprint density at radius 3 is 2.10 bits per heavy atom. The van der Waals surface area contributed by atoms with Crippen molar-refractivity contribution in [3.05, 3.63) is 0 Å². The van der Waals surface area contributed by atoms with Crippen LogP contribution >= 0.6 is 0 Å². The number of rotatable bonds is 10. The van der Waals surface area contributed by atoms with Crippen molar-refractivity contribution in [2.24, 2.45) is 5.41 Å². The summed E-state index contributed by atoms with van der Waals surface area (Å²) in [5.41, 5.74) is 0.522. The number of likely N-dealkylation sites (N-methyl/N-ethyl adjacent to an activating group) is 1. The summed E-state index contributed by atoms with van der Waals surface area (Å²) in [4.78, 5) is 5.04. The minimum atomic E-state index is 0.522. The lowest BCUT2D eigenvalue weighted by Gasteiger charge is -2.39. The highest BCUT2D eigenvalue weighted by Crippen LogP contribution is 2.35. The average molecular weight is 298 g/mol. The lowest BCUT2D eigenvalue weighted by atomic mass is 9.79. The molecule has 0 aromatic rings. The van der Waals surface area contributed by atoms with Gasteiger partial charge in [-0.05, 0) is 51.9 Å². The first kappa shape index (κ1) is 18.9. The molecule has 0 aromatic heterocycles. The summed E-state index contributed by atoms with van der Waals surface area (Å²) in [6.07, 6.45) is 9.85. The zero-order valence-electron chi connectivity index (χ0n) is 15.1. The van der Waals surface area contributed by atoms with E-state index in [2.05, 4.69) is 43.1 Å². The Morgan fingerprint density at radius 1 is 0.905 bits per heavy atom. The van der Waals surface area contributed by atoms with Crippen molar-refractivity contribution in [2.45, 2.75) is 58.8 Å². The molecule has 21 heavy (non-hydrogen) atoms. The lowest BCUT2D eigenvalue weighted by Crippen LogP contribution is -2.46. The minimum absolute atomic E-state index is 0.522. The molecule has 0 spiro atoms. The molecule has 1 fully saturated rings. The molecule has 1 rings (SSSR count). The van der Waals surface area contributed by atoms with Gasteiger partial charge in [0.2, 0.25) is 0 Å². The van der Waals surface area contributed by atoms with Crippen LogP contribution in [0.3, 0.4) is 0 Å². The van der Waals surface area contributed by atoms with Crippen LogP contribution in [0.25, 0.3) is 0 Å². The van der Waals surface area contributed by atoms with Gasteiger partial charge in [0.15, 0.2) is 0 Å². The van der Waals surface area contributed by atoms with E-state index in [-0.39, 0.29) is 0 Å². The predicted octanol–water partition coefficient (Wildman–Crippen LogP) is 3.21. The minimum Gasteiger partial charge on any atom is -0.316 e. The highest BCUT2D eigenvalue weighted by atomic mass is 15.2. The molecule has 0 saturated heterocycles. The zero-order valence-corrected chi connectivity index (χ0v) is 15.1. The molecule has 0 aromatic carbocycles. The molecule has 1 saturated carbocycles. The van der Waals surface area contributed by atoms with Gasteiger partial charge in [-0.3, -0.25) is 0 Å². The van der Waals surface area contributed by atoms with Gasteiger partial charge in [0.05, 0.1) is 0 Å². The van der Waals surface area contributed by atoms with Gasteiger partial charge >= 0.3 is 0 Å². The van der Waals surface area contributed by atoms with Crippen LogP contribution in [0.4, 0.5) is 0 Å². The Balaban J connectivity index is 2.65. The molecular weight excluding hydrogens is 258 g/mol. The number of hydrogen-bond acceptors (Lipinski definition) is 3. The van der Waals surface area contributed by atoms with Crippen molar-refractivity contribution in [2.75, 3.05) is 53.4 Å². The summed E-state index contributed by atoms with van der Waals surface area (Å²) in [7, 11) is 4.37. The van der Waals surface area contributed by atoms with E-state index in [4.69, 9.17) is 0 Å². The largest absolute Gasteiger partial charge is 0.316 e. The van der Waals surface area contributed by atoms with Gasteiger partial charge in [0.1, 0.15) is 0 Å². The Kier molecular flexibility index (Phi) is 9.54. The summed E-state index contributed by atoms with van der Waals surface area (Å²) < 4.78 is 0. The van der Waals surface area contributed by atoms with Crippen LogP contribution in [0.5, 0.6) is 0 Å². The van der Waals surface area contributed by atoms with Gasteiger partial charge in [0, 0.05) is 26.2 Å². The molecule has 0 bridgehead atoms. The van der Waals surface area contributed by atoms with Crippen LogP contribution in [0.2, 0.25) is 0 Å². The summed E-state index contributed by atoms with van der Waals surface area (Å²) in [5.74, 6) is 0. The maximum Gasteiger partial charge on any atom is 0.0109 e. The first-order valence-electron chi connectivity index (χ1n) is 9.19. The first-order chi connectivity index (χ1) is 10.1. The number of nitrogens with zero attached hydrogens (tertiary/aromatic N) is 2. The second-order valence-corrected chi connectivity index (χ2v) is 7.27. The van der Waals surface area contributed by atoms with Crippen molar-refractivity contribution in [1.82, 2.24) is 15.1 Å². The van der Waals surface area contributed by atoms with Gasteiger partial charge < -0.3 is 15.1 Å². The van der Waals surface area contributed by atoms with E-state index >= 15 is 0 Å². The number of nitrogens with one attached hydrogen (secondary N) is 1. The van der Waals surface area contributed by atoms with E-state index < -0.39 is 0 Å². The fourth-order valence-corrected chi connectivity index (χ4v) is 3.66. The van der Waals surface area contributed by atoms with E-state index in [0.29, 0.717) is 5.41 Å². The smallest absolute Gasteiger partial charge is 0.0109 e. The molecule has 1 aliphatic carbocycles. The molecular formula is C18H39N3. The molecule has 3 heteroatoms. The fraction of sp³-hybridized carbons (Fsp3) is 1.00. The highest BCUT2D eigenvalue weighted by Gasteiger charge is 2.32. The number of hydrogen-bond donors (Lipinski definition) is 1. The summed E-state index contributed by atoms with van der Waals surface area (Å²) in [6.45, 7) is 11.8. The quantitative estimate of drug-likeness (QED) is 0.625. The molecule has 0 heterocycles. The van der Waals surface area contributed by atoms with Gasteiger partial charge in [0.25, 0.3) is 0 Å². The summed E-state index contributed by atoms with van der Waals surface area (Å²) >= 11 is 0. The van der Waals surface area contributed by atoms with Crippen LogP contribution in [-0.4, -0.2) is 63.2 Å². The second-order valence-electron chi connectivity index (χ2n) is 7.27. The van der Waals surface area contributed by atoms with Crippen molar-refractivity contribution in [1.29, 1.82) is 0 Å². The highest BCUT2D eigenvalue weighted by molar-refractivity contribution is 4.87. The molecule has 0 amide bonds. The maximum absolute atomic E-state index is 3.66. The average Bonchev–Trinajstić information content (AvgIpc) is 2.69. The van der Waals surface area contributed by atoms with Crippen LogP contribution in [0.1, 0.15) is 58.8 Å². The first-order valence-corrected chi connectivity index (χ1v) is 9.19. The normalized spacial score (nSPS) is 19.1. The van der Waals surface area contributed by atoms with Gasteiger partial charge in [-0.25, -0.2) is 0 Å². The van der Waals surface area contributed by atoms with E-state index in [0.717, 1.165) is 6.54 Å². The summed E-state index contributed by atoms with van der Waals surface area (Å²) in [6, 6.07) is 0. The molecule has 0 atom stereocenters. The van der Waals surface area contributed by atoms with Crippen LogP contribution in [-0.2, 0) is 0 Å². The Bertz CT molecular complexity index is 245. The van der Waals surface area contributed by atoms with Crippen LogP contribution in [0.15, 0.2) is 0 Å². The fourth-order valence-electron chi connectivity index (χ4n) is 3.66. The third-order valence-electron chi connectivity index (χ3n) is 4.88. The Hall–Kier alpha value is -0.120. The van der Waals surface area contributed by atoms with Crippen molar-refractivity contribution in [3.63, 3.8) is 0 Å². The molecule has 0 aliphatic heterocycles. The Labute approximate surface area is 133 Å². The van der Waals surface area contributed by atoms with Gasteiger partial charge in [-0.15, -0.1) is 0 Å². The van der Waals surface area contributed by atoms with Gasteiger partial charge in [-0.1, -0.05) is 39.5 Å². The maximum atomic E-state index is 3.66. The van der Waals surface area contributed by atoms with Crippen molar-refractivity contribution in [3.8, 4) is 0 Å². The van der Waals surface area contributed by atoms with Crippen molar-refractivity contribution < 1.29 is 0 Å². The predicted molar refractivity (Wildman–Crippen MR) is 94.0 cm³/mol. The van der Waals surface area contributed by atoms with E-state index in [1.165, 1.54) is 77.7 Å². The third-order valence-corrected chi connectivity index (χ3v) is 4.88. The molecule has 0 radical (unpaired) electrons. The molecule has 3 nitrogen and oxygen atoms in total. The molecule has 126 valence electrons. The monoisotopic (exact) mass is 297 g/mol. The van der Waals surface area contributed by atoms with Crippen LogP contribution in [0, 0.1) is 5.41 Å². The zero-order chi connectivity index (χ0) is 15.6. The third kappa shape index (κ3) is 7.62. The molecule has 1 aliphatic rings. The van der Waals surface area contributed by atoms with E-state index in [9.17, 15) is 0 Å². The molecule has 0 unspecified atom stereocenters. The molecule has 1 N–H and O–H groups in total. The van der Waals surface area contributed by atoms with Gasteiger partial charge in [-0.2, -0.15) is 0 Å². The lowest BCUT2D eigenvalue weighted by molar-refractivity contribution is 0.120. The van der Waals surface area contributed by atoms with Crippen molar-refractivity contribution >= 4 is 0 Å². The van der Waals surface area contributed by atoms with E-state index in [1.807, 2.05) is 0 Å². The topological polar surface area (TPSA) is 18.5 Å². The van der Waals surface area contributed by atoms with Crippen LogP contribution < -0.4 is 5.32 Å².